The molecule has 0 aliphatic carbocycles. The van der Waals surface area contributed by atoms with Gasteiger partial charge in [0, 0.05) is 11.2 Å². The van der Waals surface area contributed by atoms with Crippen LogP contribution in [0.15, 0.2) is 34.3 Å². The molecule has 1 rings (SSSR count). The van der Waals surface area contributed by atoms with Gasteiger partial charge in [-0.25, -0.2) is 4.99 Å². The number of aliphatic imine (C=N–C) groups is 2. The molecule has 0 spiro atoms. The number of nitriles is 1. The van der Waals surface area contributed by atoms with Crippen molar-refractivity contribution in [1.82, 2.24) is 0 Å². The highest BCUT2D eigenvalue weighted by atomic mass is 35.5. The van der Waals surface area contributed by atoms with Crippen LogP contribution >= 0.6 is 11.6 Å². The van der Waals surface area contributed by atoms with Crippen LogP contribution in [0, 0.1) is 23.2 Å². The standard InChI is InChI=1S/C18H24ClN5O/c1-2-3-4-5-13(10-20)11-23-12-16(18(22)25)17(21)24-15-8-6-14(19)7-9-15/h6-9,12-13,16H,2-5,11H2,1H3,(H2,21,24)(H2,22,25). The van der Waals surface area contributed by atoms with Crippen molar-refractivity contribution >= 4 is 35.2 Å². The van der Waals surface area contributed by atoms with Gasteiger partial charge < -0.3 is 11.5 Å². The van der Waals surface area contributed by atoms with Gasteiger partial charge in [0.1, 0.15) is 11.8 Å². The van der Waals surface area contributed by atoms with E-state index in [9.17, 15) is 4.79 Å². The lowest BCUT2D eigenvalue weighted by Gasteiger charge is -2.09. The summed E-state index contributed by atoms with van der Waals surface area (Å²) in [5.74, 6) is -1.67. The Morgan fingerprint density at radius 3 is 2.56 bits per heavy atom. The third-order valence-electron chi connectivity index (χ3n) is 3.63. The van der Waals surface area contributed by atoms with Gasteiger partial charge in [-0.1, -0.05) is 37.8 Å². The predicted octanol–water partition coefficient (Wildman–Crippen LogP) is 3.22. The summed E-state index contributed by atoms with van der Waals surface area (Å²) in [6.07, 6.45) is 5.34. The van der Waals surface area contributed by atoms with Crippen LogP contribution in [-0.4, -0.2) is 24.5 Å². The summed E-state index contributed by atoms with van der Waals surface area (Å²) in [5, 5.41) is 9.73. The zero-order chi connectivity index (χ0) is 18.7. The van der Waals surface area contributed by atoms with E-state index in [1.807, 2.05) is 0 Å². The molecule has 25 heavy (non-hydrogen) atoms. The number of amidine groups is 1. The van der Waals surface area contributed by atoms with Crippen molar-refractivity contribution in [1.29, 1.82) is 5.26 Å². The number of carbonyl (C=O) groups is 1. The van der Waals surface area contributed by atoms with Gasteiger partial charge in [0.2, 0.25) is 5.91 Å². The zero-order valence-corrected chi connectivity index (χ0v) is 15.1. The second kappa shape index (κ2) is 11.2. The van der Waals surface area contributed by atoms with Crippen LogP contribution in [0.5, 0.6) is 0 Å². The third kappa shape index (κ3) is 7.81. The fourth-order valence-corrected chi connectivity index (χ4v) is 2.29. The first-order valence-electron chi connectivity index (χ1n) is 8.26. The Balaban J connectivity index is 2.74. The molecule has 7 heteroatoms. The van der Waals surface area contributed by atoms with E-state index in [2.05, 4.69) is 23.0 Å². The Labute approximate surface area is 153 Å². The van der Waals surface area contributed by atoms with Crippen LogP contribution in [0.2, 0.25) is 5.02 Å². The lowest BCUT2D eigenvalue weighted by molar-refractivity contribution is -0.118. The zero-order valence-electron chi connectivity index (χ0n) is 14.4. The number of rotatable bonds is 10. The Morgan fingerprint density at radius 1 is 1.32 bits per heavy atom. The Kier molecular flexibility index (Phi) is 9.26. The van der Waals surface area contributed by atoms with Crippen molar-refractivity contribution < 1.29 is 4.79 Å². The van der Waals surface area contributed by atoms with Gasteiger partial charge in [0.25, 0.3) is 0 Å². The van der Waals surface area contributed by atoms with Gasteiger partial charge in [-0.15, -0.1) is 0 Å². The third-order valence-corrected chi connectivity index (χ3v) is 3.88. The topological polar surface area (TPSA) is 118 Å². The SMILES string of the molecule is CCCCCC(C#N)CN=CC(C(N)=O)C(N)=Nc1ccc(Cl)cc1. The van der Waals surface area contributed by atoms with Gasteiger partial charge in [-0.2, -0.15) is 5.26 Å². The van der Waals surface area contributed by atoms with Crippen LogP contribution in [0.3, 0.4) is 0 Å². The molecule has 0 saturated carbocycles. The van der Waals surface area contributed by atoms with Crippen LogP contribution in [0.4, 0.5) is 5.69 Å². The summed E-state index contributed by atoms with van der Waals surface area (Å²) < 4.78 is 0. The fourth-order valence-electron chi connectivity index (χ4n) is 2.16. The number of unbranched alkanes of at least 4 members (excludes halogenated alkanes) is 2. The molecule has 0 saturated heterocycles. The number of benzene rings is 1. The number of hydrogen-bond donors (Lipinski definition) is 2. The molecule has 0 aliphatic heterocycles. The second-order valence-electron chi connectivity index (χ2n) is 5.73. The molecule has 0 radical (unpaired) electrons. The quantitative estimate of drug-likeness (QED) is 0.378. The van der Waals surface area contributed by atoms with E-state index in [4.69, 9.17) is 28.3 Å². The largest absolute Gasteiger partial charge is 0.386 e. The van der Waals surface area contributed by atoms with Crippen molar-refractivity contribution in [2.75, 3.05) is 6.54 Å². The summed E-state index contributed by atoms with van der Waals surface area (Å²) >= 11 is 5.82. The molecule has 0 bridgehead atoms. The molecule has 6 nitrogen and oxygen atoms in total. The van der Waals surface area contributed by atoms with Gasteiger partial charge in [0.15, 0.2) is 0 Å². The summed E-state index contributed by atoms with van der Waals surface area (Å²) in [6.45, 7) is 2.43. The summed E-state index contributed by atoms with van der Waals surface area (Å²) in [6, 6.07) is 8.95. The average molecular weight is 362 g/mol. The highest BCUT2D eigenvalue weighted by Crippen LogP contribution is 2.17. The van der Waals surface area contributed by atoms with E-state index >= 15 is 0 Å². The summed E-state index contributed by atoms with van der Waals surface area (Å²) in [5.41, 5.74) is 11.8. The molecule has 0 fully saturated rings. The molecular formula is C18H24ClN5O. The highest BCUT2D eigenvalue weighted by molar-refractivity contribution is 6.30. The van der Waals surface area contributed by atoms with Crippen molar-refractivity contribution in [2.24, 2.45) is 33.3 Å². The Morgan fingerprint density at radius 2 is 2.00 bits per heavy atom. The number of carbonyl (C=O) groups excluding carboxylic acids is 1. The molecular weight excluding hydrogens is 338 g/mol. The minimum Gasteiger partial charge on any atom is -0.386 e. The maximum atomic E-state index is 11.6. The molecule has 0 heterocycles. The number of halogens is 1. The maximum Gasteiger partial charge on any atom is 0.233 e. The summed E-state index contributed by atoms with van der Waals surface area (Å²) in [7, 11) is 0. The number of hydrogen-bond acceptors (Lipinski definition) is 4. The first-order chi connectivity index (χ1) is 12.0. The van der Waals surface area contributed by atoms with E-state index in [0.717, 1.165) is 25.7 Å². The first kappa shape index (κ1) is 20.7. The number of amides is 1. The van der Waals surface area contributed by atoms with Crippen LogP contribution in [0.1, 0.15) is 32.6 Å². The van der Waals surface area contributed by atoms with Crippen LogP contribution in [0.25, 0.3) is 0 Å². The second-order valence-corrected chi connectivity index (χ2v) is 6.17. The molecule has 4 N–H and O–H groups in total. The van der Waals surface area contributed by atoms with E-state index < -0.39 is 11.8 Å². The van der Waals surface area contributed by atoms with E-state index in [-0.39, 0.29) is 11.8 Å². The minimum absolute atomic E-state index is 0.0538. The summed E-state index contributed by atoms with van der Waals surface area (Å²) in [4.78, 5) is 20.0. The van der Waals surface area contributed by atoms with E-state index in [1.165, 1.54) is 6.21 Å². The molecule has 0 aromatic heterocycles. The van der Waals surface area contributed by atoms with Gasteiger partial charge in [-0.05, 0) is 30.7 Å². The van der Waals surface area contributed by atoms with Crippen molar-refractivity contribution in [3.05, 3.63) is 29.3 Å². The van der Waals surface area contributed by atoms with Crippen molar-refractivity contribution in [3.63, 3.8) is 0 Å². The lowest BCUT2D eigenvalue weighted by atomic mass is 10.0. The normalized spacial score (nSPS) is 14.2. The monoisotopic (exact) mass is 361 g/mol. The number of nitrogens with two attached hydrogens (primary N) is 2. The Bertz CT molecular complexity index is 648. The predicted molar refractivity (Wildman–Crippen MR) is 102 cm³/mol. The molecule has 1 aromatic carbocycles. The van der Waals surface area contributed by atoms with E-state index in [1.54, 1.807) is 24.3 Å². The van der Waals surface area contributed by atoms with Gasteiger partial charge >= 0.3 is 0 Å². The van der Waals surface area contributed by atoms with Crippen LogP contribution in [-0.2, 0) is 4.79 Å². The maximum absolute atomic E-state index is 11.6. The van der Waals surface area contributed by atoms with E-state index in [0.29, 0.717) is 17.3 Å². The average Bonchev–Trinajstić information content (AvgIpc) is 2.58. The van der Waals surface area contributed by atoms with Gasteiger partial charge in [0.05, 0.1) is 24.2 Å². The van der Waals surface area contributed by atoms with Crippen molar-refractivity contribution in [3.8, 4) is 6.07 Å². The smallest absolute Gasteiger partial charge is 0.233 e. The molecule has 0 aliphatic rings. The molecule has 2 unspecified atom stereocenters. The highest BCUT2D eigenvalue weighted by Gasteiger charge is 2.18. The minimum atomic E-state index is -0.911. The lowest BCUT2D eigenvalue weighted by Crippen LogP contribution is -2.36. The molecule has 134 valence electrons. The Hall–Kier alpha value is -2.39. The molecule has 1 amide bonds. The first-order valence-corrected chi connectivity index (χ1v) is 8.64. The van der Waals surface area contributed by atoms with Crippen LogP contribution < -0.4 is 11.5 Å². The molecule has 1 aromatic rings. The van der Waals surface area contributed by atoms with Crippen molar-refractivity contribution in [2.45, 2.75) is 32.6 Å². The molecule has 2 atom stereocenters. The van der Waals surface area contributed by atoms with Gasteiger partial charge in [-0.3, -0.25) is 9.79 Å². The fraction of sp³-hybridized carbons (Fsp3) is 0.444. The number of nitrogens with zero attached hydrogens (tertiary/aromatic N) is 3. The number of primary amides is 1.